The Morgan fingerprint density at radius 2 is 2.06 bits per heavy atom. The van der Waals surface area contributed by atoms with Crippen molar-refractivity contribution in [1.82, 2.24) is 15.0 Å². The van der Waals surface area contributed by atoms with E-state index in [9.17, 15) is 9.90 Å². The van der Waals surface area contributed by atoms with Crippen LogP contribution in [-0.4, -0.2) is 20.1 Å². The van der Waals surface area contributed by atoms with Gasteiger partial charge in [0.05, 0.1) is 5.52 Å². The number of phenolic OH excluding ortho intramolecular Hbond substituents is 1. The summed E-state index contributed by atoms with van der Waals surface area (Å²) < 4.78 is 0. The second kappa shape index (κ2) is 3.96. The molecule has 0 amide bonds. The first-order chi connectivity index (χ1) is 8.74. The maximum atomic E-state index is 11.8. The van der Waals surface area contributed by atoms with Crippen LogP contribution in [-0.2, 0) is 0 Å². The van der Waals surface area contributed by atoms with Gasteiger partial charge in [0.15, 0.2) is 5.52 Å². The van der Waals surface area contributed by atoms with Crippen molar-refractivity contribution in [2.24, 2.45) is 0 Å². The monoisotopic (exact) mass is 239 g/mol. The molecule has 0 unspecified atom stereocenters. The lowest BCUT2D eigenvalue weighted by Crippen LogP contribution is -2.10. The van der Waals surface area contributed by atoms with Crippen molar-refractivity contribution in [3.63, 3.8) is 0 Å². The number of hydrogen-bond acceptors (Lipinski definition) is 4. The predicted molar refractivity (Wildman–Crippen MR) is 67.3 cm³/mol. The molecule has 0 aliphatic heterocycles. The average molecular weight is 239 g/mol. The van der Waals surface area contributed by atoms with Crippen molar-refractivity contribution in [3.05, 3.63) is 52.9 Å². The summed E-state index contributed by atoms with van der Waals surface area (Å²) in [5.41, 5.74) is 1.19. The number of aromatic nitrogens is 3. The summed E-state index contributed by atoms with van der Waals surface area (Å²) >= 11 is 0. The lowest BCUT2D eigenvalue weighted by Gasteiger charge is -2.02. The van der Waals surface area contributed by atoms with Gasteiger partial charge in [0.2, 0.25) is 0 Å². The number of H-pyrrole nitrogens is 1. The summed E-state index contributed by atoms with van der Waals surface area (Å²) in [7, 11) is 0. The fraction of sp³-hybridized carbons (Fsp3) is 0. The van der Waals surface area contributed by atoms with Gasteiger partial charge in [-0.05, 0) is 24.3 Å². The molecule has 5 heteroatoms. The molecule has 0 radical (unpaired) electrons. The first-order valence-electron chi connectivity index (χ1n) is 5.38. The third-order valence-electron chi connectivity index (χ3n) is 2.59. The molecule has 0 saturated heterocycles. The Morgan fingerprint density at radius 1 is 1.17 bits per heavy atom. The molecule has 3 aromatic rings. The molecular formula is C13H9N3O2. The Kier molecular flexibility index (Phi) is 2.30. The third kappa shape index (κ3) is 1.71. The number of hydrogen-bond donors (Lipinski definition) is 2. The van der Waals surface area contributed by atoms with Crippen LogP contribution in [0.25, 0.3) is 22.4 Å². The Hall–Kier alpha value is -2.69. The van der Waals surface area contributed by atoms with E-state index in [2.05, 4.69) is 15.0 Å². The largest absolute Gasteiger partial charge is 0.508 e. The summed E-state index contributed by atoms with van der Waals surface area (Å²) in [6.45, 7) is 0. The number of pyridine rings is 1. The Morgan fingerprint density at radius 3 is 2.89 bits per heavy atom. The number of benzene rings is 1. The van der Waals surface area contributed by atoms with Gasteiger partial charge in [-0.1, -0.05) is 12.1 Å². The van der Waals surface area contributed by atoms with E-state index in [-0.39, 0.29) is 11.3 Å². The quantitative estimate of drug-likeness (QED) is 0.677. The lowest BCUT2D eigenvalue weighted by molar-refractivity contribution is 0.475. The zero-order valence-corrected chi connectivity index (χ0v) is 9.29. The minimum atomic E-state index is -0.293. The zero-order chi connectivity index (χ0) is 12.5. The van der Waals surface area contributed by atoms with Crippen molar-refractivity contribution in [1.29, 1.82) is 0 Å². The standard InChI is InChI=1S/C13H9N3O2/c17-9-4-1-3-8(7-9)12-15-10-5-2-6-14-11(10)13(18)16-12/h1-7,17H,(H,15,16,18). The van der Waals surface area contributed by atoms with E-state index < -0.39 is 0 Å². The molecule has 2 N–H and O–H groups in total. The van der Waals surface area contributed by atoms with Crippen molar-refractivity contribution in [3.8, 4) is 17.1 Å². The van der Waals surface area contributed by atoms with Crippen LogP contribution in [0.3, 0.4) is 0 Å². The maximum Gasteiger partial charge on any atom is 0.277 e. The average Bonchev–Trinajstić information content (AvgIpc) is 2.39. The summed E-state index contributed by atoms with van der Waals surface area (Å²) in [5.74, 6) is 0.540. The number of nitrogens with zero attached hydrogens (tertiary/aromatic N) is 2. The first kappa shape index (κ1) is 10.5. The van der Waals surface area contributed by atoms with Crippen LogP contribution in [0.15, 0.2) is 47.4 Å². The van der Waals surface area contributed by atoms with Crippen LogP contribution in [0.1, 0.15) is 0 Å². The minimum absolute atomic E-state index is 0.126. The van der Waals surface area contributed by atoms with Crippen LogP contribution in [0.2, 0.25) is 0 Å². The normalized spacial score (nSPS) is 10.7. The summed E-state index contributed by atoms with van der Waals surface area (Å²) in [6.07, 6.45) is 1.55. The number of aromatic amines is 1. The maximum absolute atomic E-state index is 11.8. The fourth-order valence-electron chi connectivity index (χ4n) is 1.77. The number of aromatic hydroxyl groups is 1. The van der Waals surface area contributed by atoms with Gasteiger partial charge in [0, 0.05) is 11.8 Å². The van der Waals surface area contributed by atoms with Crippen LogP contribution in [0.5, 0.6) is 5.75 Å². The van der Waals surface area contributed by atoms with E-state index in [0.29, 0.717) is 22.4 Å². The molecular weight excluding hydrogens is 230 g/mol. The van der Waals surface area contributed by atoms with E-state index >= 15 is 0 Å². The van der Waals surface area contributed by atoms with Gasteiger partial charge in [0.25, 0.3) is 5.56 Å². The lowest BCUT2D eigenvalue weighted by atomic mass is 10.2. The summed E-state index contributed by atoms with van der Waals surface area (Å²) in [6, 6.07) is 10.0. The van der Waals surface area contributed by atoms with Gasteiger partial charge in [-0.3, -0.25) is 4.79 Å². The molecule has 0 saturated carbocycles. The Labute approximate surface area is 102 Å². The second-order valence-electron chi connectivity index (χ2n) is 3.84. The van der Waals surface area contributed by atoms with Crippen molar-refractivity contribution in [2.45, 2.75) is 0 Å². The van der Waals surface area contributed by atoms with Crippen LogP contribution < -0.4 is 5.56 Å². The molecule has 5 nitrogen and oxygen atoms in total. The van der Waals surface area contributed by atoms with Gasteiger partial charge in [-0.25, -0.2) is 9.97 Å². The molecule has 0 aliphatic carbocycles. The van der Waals surface area contributed by atoms with E-state index in [1.54, 1.807) is 42.6 Å². The molecule has 1 aromatic carbocycles. The highest BCUT2D eigenvalue weighted by Crippen LogP contribution is 2.19. The molecule has 3 rings (SSSR count). The highest BCUT2D eigenvalue weighted by Gasteiger charge is 2.06. The number of nitrogens with one attached hydrogen (secondary N) is 1. The molecule has 2 heterocycles. The highest BCUT2D eigenvalue weighted by molar-refractivity contribution is 5.75. The van der Waals surface area contributed by atoms with Gasteiger partial charge < -0.3 is 10.1 Å². The molecule has 0 fully saturated rings. The minimum Gasteiger partial charge on any atom is -0.508 e. The van der Waals surface area contributed by atoms with E-state index in [1.807, 2.05) is 0 Å². The fourth-order valence-corrected chi connectivity index (χ4v) is 1.77. The van der Waals surface area contributed by atoms with E-state index in [4.69, 9.17) is 0 Å². The van der Waals surface area contributed by atoms with Crippen molar-refractivity contribution in [2.75, 3.05) is 0 Å². The Balaban J connectivity index is 2.28. The predicted octanol–water partition coefficient (Wildman–Crippen LogP) is 1.69. The van der Waals surface area contributed by atoms with Gasteiger partial charge in [-0.15, -0.1) is 0 Å². The third-order valence-corrected chi connectivity index (χ3v) is 2.59. The van der Waals surface area contributed by atoms with Gasteiger partial charge in [0.1, 0.15) is 11.6 Å². The van der Waals surface area contributed by atoms with E-state index in [1.165, 1.54) is 0 Å². The first-order valence-corrected chi connectivity index (χ1v) is 5.38. The molecule has 0 aliphatic rings. The highest BCUT2D eigenvalue weighted by atomic mass is 16.3. The van der Waals surface area contributed by atoms with Gasteiger partial charge in [-0.2, -0.15) is 0 Å². The SMILES string of the molecule is O=c1[nH]c(-c2cccc(O)c2)nc2cccnc12. The topological polar surface area (TPSA) is 78.9 Å². The second-order valence-corrected chi connectivity index (χ2v) is 3.84. The molecule has 88 valence electrons. The van der Waals surface area contributed by atoms with Crippen LogP contribution >= 0.6 is 0 Å². The Bertz CT molecular complexity index is 780. The summed E-state index contributed by atoms with van der Waals surface area (Å²) in [5, 5.41) is 9.42. The molecule has 0 bridgehead atoms. The number of rotatable bonds is 1. The summed E-state index contributed by atoms with van der Waals surface area (Å²) in [4.78, 5) is 22.8. The molecule has 2 aromatic heterocycles. The van der Waals surface area contributed by atoms with Crippen molar-refractivity contribution >= 4 is 11.0 Å². The molecule has 0 spiro atoms. The van der Waals surface area contributed by atoms with Crippen LogP contribution in [0.4, 0.5) is 0 Å². The zero-order valence-electron chi connectivity index (χ0n) is 9.29. The van der Waals surface area contributed by atoms with Crippen molar-refractivity contribution < 1.29 is 5.11 Å². The smallest absolute Gasteiger partial charge is 0.277 e. The number of fused-ring (bicyclic) bond motifs is 1. The van der Waals surface area contributed by atoms with Gasteiger partial charge >= 0.3 is 0 Å². The molecule has 18 heavy (non-hydrogen) atoms. The molecule has 0 atom stereocenters. The number of phenols is 1. The van der Waals surface area contributed by atoms with Crippen LogP contribution in [0, 0.1) is 0 Å². The van der Waals surface area contributed by atoms with E-state index in [0.717, 1.165) is 0 Å².